The zero-order chi connectivity index (χ0) is 6.85. The van der Waals surface area contributed by atoms with Crippen molar-refractivity contribution in [3.8, 4) is 11.9 Å². The van der Waals surface area contributed by atoms with Crippen LogP contribution in [0.1, 0.15) is 5.56 Å². The van der Waals surface area contributed by atoms with Gasteiger partial charge in [0.15, 0.2) is 0 Å². The highest BCUT2D eigenvalue weighted by Crippen LogP contribution is 2.27. The van der Waals surface area contributed by atoms with Gasteiger partial charge in [0.25, 0.3) is 11.9 Å². The molecule has 0 saturated heterocycles. The first-order valence-corrected chi connectivity index (χ1v) is 2.84. The molecule has 0 aliphatic heterocycles. The lowest BCUT2D eigenvalue weighted by Gasteiger charge is -1.82. The van der Waals surface area contributed by atoms with E-state index in [-0.39, 0.29) is 17.8 Å². The second-order valence-electron chi connectivity index (χ2n) is 1.55. The van der Waals surface area contributed by atoms with Crippen LogP contribution < -0.4 is 0 Å². The van der Waals surface area contributed by atoms with Crippen LogP contribution in [-0.4, -0.2) is 10.2 Å². The summed E-state index contributed by atoms with van der Waals surface area (Å²) in [6, 6.07) is 1.27. The summed E-state index contributed by atoms with van der Waals surface area (Å²) in [5, 5.41) is 17.3. The van der Waals surface area contributed by atoms with E-state index in [9.17, 15) is 0 Å². The zero-order valence-corrected chi connectivity index (χ0v) is 5.22. The lowest BCUT2D eigenvalue weighted by molar-refractivity contribution is 0.264. The van der Waals surface area contributed by atoms with Crippen molar-refractivity contribution in [1.82, 2.24) is 0 Å². The number of halogens is 1. The quantitative estimate of drug-likeness (QED) is 0.593. The highest BCUT2D eigenvalue weighted by molar-refractivity contribution is 6.17. The van der Waals surface area contributed by atoms with E-state index in [1.54, 1.807) is 0 Å². The van der Waals surface area contributed by atoms with Crippen LogP contribution in [0.4, 0.5) is 0 Å². The van der Waals surface area contributed by atoms with E-state index in [2.05, 4.69) is 4.42 Å². The van der Waals surface area contributed by atoms with Gasteiger partial charge in [0.1, 0.15) is 0 Å². The van der Waals surface area contributed by atoms with E-state index in [4.69, 9.17) is 21.8 Å². The Kier molecular flexibility index (Phi) is 1.53. The lowest BCUT2D eigenvalue weighted by Crippen LogP contribution is -1.67. The molecule has 4 heteroatoms. The zero-order valence-electron chi connectivity index (χ0n) is 4.47. The largest absolute Gasteiger partial charge is 0.481 e. The number of furan rings is 1. The Labute approximate surface area is 56.5 Å². The molecular weight excluding hydrogens is 144 g/mol. The summed E-state index contributed by atoms with van der Waals surface area (Å²) in [6.07, 6.45) is 0. The third-order valence-electron chi connectivity index (χ3n) is 0.918. The monoisotopic (exact) mass is 148 g/mol. The number of hydrogen-bond acceptors (Lipinski definition) is 3. The highest BCUT2D eigenvalue weighted by atomic mass is 35.5. The fourth-order valence-electron chi connectivity index (χ4n) is 0.501. The van der Waals surface area contributed by atoms with Crippen LogP contribution >= 0.6 is 11.6 Å². The summed E-state index contributed by atoms with van der Waals surface area (Å²) >= 11 is 5.31. The van der Waals surface area contributed by atoms with Gasteiger partial charge in [-0.25, -0.2) is 0 Å². The minimum atomic E-state index is -0.317. The predicted molar refractivity (Wildman–Crippen MR) is 31.6 cm³/mol. The standard InChI is InChI=1S/C5H5ClO3/c6-2-3-1-4(7)9-5(3)8/h1,7-8H,2H2. The Bertz CT molecular complexity index is 206. The summed E-state index contributed by atoms with van der Waals surface area (Å²) in [7, 11) is 0. The van der Waals surface area contributed by atoms with Gasteiger partial charge in [-0.1, -0.05) is 0 Å². The molecule has 2 N–H and O–H groups in total. The molecule has 0 spiro atoms. The van der Waals surface area contributed by atoms with E-state index < -0.39 is 0 Å². The molecule has 0 atom stereocenters. The molecular formula is C5H5ClO3. The van der Waals surface area contributed by atoms with Gasteiger partial charge in [-0.2, -0.15) is 0 Å². The van der Waals surface area contributed by atoms with Crippen LogP contribution in [0.15, 0.2) is 10.5 Å². The van der Waals surface area contributed by atoms with E-state index >= 15 is 0 Å². The molecule has 0 aromatic carbocycles. The third-order valence-corrected chi connectivity index (χ3v) is 1.21. The Balaban J connectivity index is 3.01. The fourth-order valence-corrected chi connectivity index (χ4v) is 0.692. The van der Waals surface area contributed by atoms with E-state index in [0.29, 0.717) is 5.56 Å². The molecule has 50 valence electrons. The molecule has 3 nitrogen and oxygen atoms in total. The van der Waals surface area contributed by atoms with Crippen LogP contribution in [-0.2, 0) is 5.88 Å². The Morgan fingerprint density at radius 2 is 2.22 bits per heavy atom. The van der Waals surface area contributed by atoms with Crippen LogP contribution in [0.2, 0.25) is 0 Å². The van der Waals surface area contributed by atoms with Crippen LogP contribution in [0.25, 0.3) is 0 Å². The van der Waals surface area contributed by atoms with Gasteiger partial charge in [-0.05, 0) is 0 Å². The molecule has 9 heavy (non-hydrogen) atoms. The van der Waals surface area contributed by atoms with E-state index in [1.165, 1.54) is 6.07 Å². The second-order valence-corrected chi connectivity index (χ2v) is 1.82. The topological polar surface area (TPSA) is 53.6 Å². The maximum Gasteiger partial charge on any atom is 0.289 e. The van der Waals surface area contributed by atoms with E-state index in [1.807, 2.05) is 0 Å². The van der Waals surface area contributed by atoms with Crippen molar-refractivity contribution < 1.29 is 14.6 Å². The van der Waals surface area contributed by atoms with Gasteiger partial charge in [-0.3, -0.25) is 0 Å². The van der Waals surface area contributed by atoms with Gasteiger partial charge in [-0.15, -0.1) is 11.6 Å². The van der Waals surface area contributed by atoms with Crippen molar-refractivity contribution in [2.45, 2.75) is 5.88 Å². The summed E-state index contributed by atoms with van der Waals surface area (Å²) in [4.78, 5) is 0. The number of alkyl halides is 1. The van der Waals surface area contributed by atoms with Crippen molar-refractivity contribution in [3.05, 3.63) is 11.6 Å². The Morgan fingerprint density at radius 3 is 2.44 bits per heavy atom. The first kappa shape index (κ1) is 6.29. The molecule has 0 radical (unpaired) electrons. The molecule has 1 aromatic heterocycles. The number of aromatic hydroxyl groups is 2. The highest BCUT2D eigenvalue weighted by Gasteiger charge is 2.06. The number of rotatable bonds is 1. The molecule has 0 aliphatic carbocycles. The lowest BCUT2D eigenvalue weighted by atomic mass is 10.4. The molecule has 1 rings (SSSR count). The fraction of sp³-hybridized carbons (Fsp3) is 0.200. The Morgan fingerprint density at radius 1 is 1.56 bits per heavy atom. The van der Waals surface area contributed by atoms with Gasteiger partial charge in [0.2, 0.25) is 0 Å². The smallest absolute Gasteiger partial charge is 0.289 e. The van der Waals surface area contributed by atoms with Crippen LogP contribution in [0.3, 0.4) is 0 Å². The second kappa shape index (κ2) is 2.19. The van der Waals surface area contributed by atoms with E-state index in [0.717, 1.165) is 0 Å². The van der Waals surface area contributed by atoms with Crippen molar-refractivity contribution in [2.75, 3.05) is 0 Å². The van der Waals surface area contributed by atoms with Crippen LogP contribution in [0.5, 0.6) is 11.9 Å². The van der Waals surface area contributed by atoms with Crippen molar-refractivity contribution in [2.24, 2.45) is 0 Å². The van der Waals surface area contributed by atoms with Gasteiger partial charge >= 0.3 is 0 Å². The van der Waals surface area contributed by atoms with Crippen LogP contribution in [0, 0.1) is 0 Å². The first-order chi connectivity index (χ1) is 4.24. The molecule has 0 aliphatic rings. The normalized spacial score (nSPS) is 9.89. The third kappa shape index (κ3) is 1.10. The maximum absolute atomic E-state index is 8.72. The molecule has 0 bridgehead atoms. The minimum Gasteiger partial charge on any atom is -0.481 e. The molecule has 1 heterocycles. The predicted octanol–water partition coefficient (Wildman–Crippen LogP) is 1.43. The molecule has 1 aromatic rings. The summed E-state index contributed by atoms with van der Waals surface area (Å²) < 4.78 is 4.33. The van der Waals surface area contributed by atoms with Crippen molar-refractivity contribution >= 4 is 11.6 Å². The summed E-state index contributed by atoms with van der Waals surface area (Å²) in [5.74, 6) is -0.499. The average Bonchev–Trinajstić information content (AvgIpc) is 2.10. The van der Waals surface area contributed by atoms with Gasteiger partial charge in [0.05, 0.1) is 11.4 Å². The molecule has 0 unspecified atom stereocenters. The first-order valence-electron chi connectivity index (χ1n) is 2.30. The van der Waals surface area contributed by atoms with Gasteiger partial charge in [0, 0.05) is 6.07 Å². The Hall–Kier alpha value is -0.830. The molecule has 0 amide bonds. The van der Waals surface area contributed by atoms with Crippen molar-refractivity contribution in [1.29, 1.82) is 0 Å². The van der Waals surface area contributed by atoms with Crippen molar-refractivity contribution in [3.63, 3.8) is 0 Å². The summed E-state index contributed by atoms with van der Waals surface area (Å²) in [5.41, 5.74) is 0.397. The van der Waals surface area contributed by atoms with Gasteiger partial charge < -0.3 is 14.6 Å². The minimum absolute atomic E-state index is 0.135. The molecule has 0 saturated carbocycles. The SMILES string of the molecule is Oc1cc(CCl)c(O)o1. The maximum atomic E-state index is 8.72. The summed E-state index contributed by atoms with van der Waals surface area (Å²) in [6.45, 7) is 0. The average molecular weight is 149 g/mol. The number of hydrogen-bond donors (Lipinski definition) is 2. The molecule has 0 fully saturated rings.